The summed E-state index contributed by atoms with van der Waals surface area (Å²) >= 11 is 0. The molecule has 112 valence electrons. The first-order valence-electron chi connectivity index (χ1n) is 6.45. The molecule has 1 aromatic heterocycles. The number of hydrogen-bond acceptors (Lipinski definition) is 3. The maximum absolute atomic E-state index is 14.7. The highest BCUT2D eigenvalue weighted by atomic mass is 19.1. The Morgan fingerprint density at radius 3 is 2.64 bits per heavy atom. The van der Waals surface area contributed by atoms with Crippen LogP contribution < -0.4 is 11.0 Å². The third-order valence-corrected chi connectivity index (χ3v) is 3.42. The van der Waals surface area contributed by atoms with E-state index in [1.54, 1.807) is 30.3 Å². The van der Waals surface area contributed by atoms with Crippen LogP contribution in [0.3, 0.4) is 0 Å². The molecule has 2 aromatic carbocycles. The van der Waals surface area contributed by atoms with Gasteiger partial charge in [-0.05, 0) is 18.2 Å². The summed E-state index contributed by atoms with van der Waals surface area (Å²) in [5, 5.41) is 12.1. The minimum absolute atomic E-state index is 0.0315. The summed E-state index contributed by atoms with van der Waals surface area (Å²) in [6, 6.07) is 9.90. The Morgan fingerprint density at radius 2 is 2.00 bits per heavy atom. The van der Waals surface area contributed by atoms with E-state index in [1.807, 2.05) is 0 Å². The molecule has 0 radical (unpaired) electrons. The fourth-order valence-corrected chi connectivity index (χ4v) is 2.28. The number of nitrogens with one attached hydrogen (secondary N) is 2. The minimum Gasteiger partial charge on any atom is -0.478 e. The fraction of sp³-hybridized carbons (Fsp3) is 0.0667. The van der Waals surface area contributed by atoms with Crippen molar-refractivity contribution in [3.63, 3.8) is 0 Å². The lowest BCUT2D eigenvalue weighted by atomic mass is 10.1. The second-order valence-corrected chi connectivity index (χ2v) is 4.79. The number of benzene rings is 2. The summed E-state index contributed by atoms with van der Waals surface area (Å²) in [5.41, 5.74) is -0.241. The van der Waals surface area contributed by atoms with Crippen LogP contribution >= 0.6 is 0 Å². The third kappa shape index (κ3) is 2.12. The number of hydrogen-bond donors (Lipinski definition) is 3. The molecule has 0 saturated heterocycles. The molecule has 0 bridgehead atoms. The van der Waals surface area contributed by atoms with Gasteiger partial charge in [0.1, 0.15) is 5.52 Å². The number of aromatic nitrogens is 2. The molecular weight excluding hydrogens is 289 g/mol. The first kappa shape index (κ1) is 13.9. The maximum atomic E-state index is 14.7. The van der Waals surface area contributed by atoms with E-state index < -0.39 is 17.5 Å². The lowest BCUT2D eigenvalue weighted by Crippen LogP contribution is -2.12. The Hall–Kier alpha value is -3.09. The Labute approximate surface area is 123 Å². The standard InChI is InChI=1S/C15H12FN3O3/c1-19-10-7-9(14(20)21)12(11(16)13(10)18-15(19)22)17-8-5-3-2-4-6-8/h2-7,17H,1H3,(H,18,22)(H,20,21). The molecule has 22 heavy (non-hydrogen) atoms. The summed E-state index contributed by atoms with van der Waals surface area (Å²) in [4.78, 5) is 25.4. The zero-order valence-electron chi connectivity index (χ0n) is 11.6. The van der Waals surface area contributed by atoms with Crippen molar-refractivity contribution in [2.24, 2.45) is 7.05 Å². The molecule has 6 nitrogen and oxygen atoms in total. The first-order valence-corrected chi connectivity index (χ1v) is 6.45. The van der Waals surface area contributed by atoms with Crippen molar-refractivity contribution >= 4 is 28.4 Å². The van der Waals surface area contributed by atoms with Gasteiger partial charge in [-0.2, -0.15) is 0 Å². The number of carboxylic acids is 1. The monoisotopic (exact) mass is 301 g/mol. The van der Waals surface area contributed by atoms with Gasteiger partial charge in [0, 0.05) is 12.7 Å². The molecule has 0 aliphatic heterocycles. The fourth-order valence-electron chi connectivity index (χ4n) is 2.28. The van der Waals surface area contributed by atoms with Gasteiger partial charge >= 0.3 is 11.7 Å². The zero-order valence-corrected chi connectivity index (χ0v) is 11.6. The van der Waals surface area contributed by atoms with Gasteiger partial charge in [-0.15, -0.1) is 0 Å². The molecule has 0 spiro atoms. The zero-order chi connectivity index (χ0) is 15.9. The van der Waals surface area contributed by atoms with Crippen molar-refractivity contribution in [2.75, 3.05) is 5.32 Å². The lowest BCUT2D eigenvalue weighted by molar-refractivity contribution is 0.0697. The number of fused-ring (bicyclic) bond motifs is 1. The smallest absolute Gasteiger partial charge is 0.338 e. The van der Waals surface area contributed by atoms with Gasteiger partial charge in [-0.1, -0.05) is 18.2 Å². The Balaban J connectivity index is 2.27. The summed E-state index contributed by atoms with van der Waals surface area (Å²) < 4.78 is 15.8. The van der Waals surface area contributed by atoms with Gasteiger partial charge in [0.2, 0.25) is 0 Å². The number of imidazole rings is 1. The van der Waals surface area contributed by atoms with Crippen molar-refractivity contribution in [1.82, 2.24) is 9.55 Å². The maximum Gasteiger partial charge on any atom is 0.338 e. The number of carboxylic acid groups (broad SMARTS) is 1. The summed E-state index contributed by atoms with van der Waals surface area (Å²) in [6.45, 7) is 0. The normalized spacial score (nSPS) is 10.8. The van der Waals surface area contributed by atoms with Crippen molar-refractivity contribution in [3.05, 3.63) is 58.3 Å². The van der Waals surface area contributed by atoms with E-state index in [0.29, 0.717) is 5.69 Å². The highest BCUT2D eigenvalue weighted by molar-refractivity contribution is 6.00. The van der Waals surface area contributed by atoms with Crippen molar-refractivity contribution < 1.29 is 14.3 Å². The second-order valence-electron chi connectivity index (χ2n) is 4.79. The van der Waals surface area contributed by atoms with Gasteiger partial charge < -0.3 is 15.4 Å². The van der Waals surface area contributed by atoms with Gasteiger partial charge in [0.25, 0.3) is 0 Å². The number of aryl methyl sites for hydroxylation is 1. The Bertz CT molecular complexity index is 929. The van der Waals surface area contributed by atoms with Gasteiger partial charge in [0.15, 0.2) is 5.82 Å². The molecule has 3 rings (SSSR count). The SMILES string of the molecule is Cn1c(=O)[nH]c2c(F)c(Nc3ccccc3)c(C(=O)O)cc21. The number of aromatic amines is 1. The van der Waals surface area contributed by atoms with Gasteiger partial charge in [-0.3, -0.25) is 4.57 Å². The van der Waals surface area contributed by atoms with E-state index in [2.05, 4.69) is 10.3 Å². The number of anilines is 2. The van der Waals surface area contributed by atoms with Crippen LogP contribution in [0.2, 0.25) is 0 Å². The highest BCUT2D eigenvalue weighted by Crippen LogP contribution is 2.29. The number of H-pyrrole nitrogens is 1. The third-order valence-electron chi connectivity index (χ3n) is 3.42. The van der Waals surface area contributed by atoms with E-state index in [9.17, 15) is 19.1 Å². The van der Waals surface area contributed by atoms with E-state index >= 15 is 0 Å². The average molecular weight is 301 g/mol. The van der Waals surface area contributed by atoms with E-state index in [4.69, 9.17) is 0 Å². The van der Waals surface area contributed by atoms with Gasteiger partial charge in [0.05, 0.1) is 16.8 Å². The largest absolute Gasteiger partial charge is 0.478 e. The van der Waals surface area contributed by atoms with Crippen molar-refractivity contribution in [3.8, 4) is 0 Å². The second kappa shape index (κ2) is 5.03. The summed E-state index contributed by atoms with van der Waals surface area (Å²) in [6.07, 6.45) is 0. The molecule has 0 aliphatic rings. The van der Waals surface area contributed by atoms with Crippen LogP contribution in [0.25, 0.3) is 11.0 Å². The number of para-hydroxylation sites is 1. The number of rotatable bonds is 3. The Kier molecular flexibility index (Phi) is 3.17. The first-order chi connectivity index (χ1) is 10.5. The molecule has 0 atom stereocenters. The molecular formula is C15H12FN3O3. The van der Waals surface area contributed by atoms with Crippen molar-refractivity contribution in [1.29, 1.82) is 0 Å². The molecule has 1 heterocycles. The van der Waals surface area contributed by atoms with E-state index in [0.717, 1.165) is 4.57 Å². The van der Waals surface area contributed by atoms with Crippen LogP contribution in [-0.4, -0.2) is 20.6 Å². The van der Waals surface area contributed by atoms with Crippen LogP contribution in [0.5, 0.6) is 0 Å². The number of carbonyl (C=O) groups is 1. The average Bonchev–Trinajstić information content (AvgIpc) is 2.79. The number of nitrogens with zero attached hydrogens (tertiary/aromatic N) is 1. The molecule has 3 aromatic rings. The van der Waals surface area contributed by atoms with Crippen LogP contribution in [0, 0.1) is 5.82 Å². The minimum atomic E-state index is -1.28. The van der Waals surface area contributed by atoms with Crippen LogP contribution in [0.15, 0.2) is 41.2 Å². The molecule has 3 N–H and O–H groups in total. The predicted octanol–water partition coefficient (Wildman–Crippen LogP) is 2.45. The number of halogens is 1. The number of aromatic carboxylic acids is 1. The Morgan fingerprint density at radius 1 is 1.32 bits per heavy atom. The quantitative estimate of drug-likeness (QED) is 0.693. The molecule has 0 aliphatic carbocycles. The van der Waals surface area contributed by atoms with Crippen LogP contribution in [-0.2, 0) is 7.05 Å². The topological polar surface area (TPSA) is 87.1 Å². The molecule has 7 heteroatoms. The predicted molar refractivity (Wildman–Crippen MR) is 80.2 cm³/mol. The molecule has 0 fully saturated rings. The highest BCUT2D eigenvalue weighted by Gasteiger charge is 2.21. The molecule has 0 unspecified atom stereocenters. The molecule has 0 saturated carbocycles. The van der Waals surface area contributed by atoms with Crippen molar-refractivity contribution in [2.45, 2.75) is 0 Å². The van der Waals surface area contributed by atoms with E-state index in [1.165, 1.54) is 13.1 Å². The van der Waals surface area contributed by atoms with Crippen LogP contribution in [0.4, 0.5) is 15.8 Å². The summed E-state index contributed by atoms with van der Waals surface area (Å²) in [5.74, 6) is -2.09. The lowest BCUT2D eigenvalue weighted by Gasteiger charge is -2.11. The van der Waals surface area contributed by atoms with Crippen LogP contribution in [0.1, 0.15) is 10.4 Å². The molecule has 0 amide bonds. The van der Waals surface area contributed by atoms with E-state index in [-0.39, 0.29) is 22.3 Å². The summed E-state index contributed by atoms with van der Waals surface area (Å²) in [7, 11) is 1.44. The van der Waals surface area contributed by atoms with Gasteiger partial charge in [-0.25, -0.2) is 14.0 Å².